The molecule has 0 aromatic heterocycles. The molecule has 1 aliphatic rings. The second-order valence-electron chi connectivity index (χ2n) is 2.80. The number of thiol groups is 1. The molecule has 0 atom stereocenters. The number of hydrogen-bond donors (Lipinski definition) is 1. The molecule has 1 fully saturated rings. The van der Waals surface area contributed by atoms with Crippen molar-refractivity contribution in [3.8, 4) is 0 Å². The van der Waals surface area contributed by atoms with Crippen molar-refractivity contribution in [1.29, 1.82) is 0 Å². The van der Waals surface area contributed by atoms with Crippen molar-refractivity contribution < 1.29 is 0 Å². The van der Waals surface area contributed by atoms with Gasteiger partial charge in [-0.1, -0.05) is 30.1 Å². The van der Waals surface area contributed by atoms with E-state index in [2.05, 4.69) is 11.7 Å². The zero-order chi connectivity index (χ0) is 6.53. The summed E-state index contributed by atoms with van der Waals surface area (Å²) in [6.45, 7) is 0. The lowest BCUT2D eigenvalue weighted by Gasteiger charge is -2.19. The smallest absolute Gasteiger partial charge is 0.00628 e. The summed E-state index contributed by atoms with van der Waals surface area (Å²) < 4.78 is 0. The summed E-state index contributed by atoms with van der Waals surface area (Å²) in [6.07, 6.45) is 7.28. The first-order valence-corrected chi connectivity index (χ1v) is 5.73. The van der Waals surface area contributed by atoms with Crippen LogP contribution in [0, 0.1) is 5.92 Å². The lowest BCUT2D eigenvalue weighted by Crippen LogP contribution is -2.07. The second-order valence-corrected chi connectivity index (χ2v) is 4.17. The highest BCUT2D eigenvalue weighted by molar-refractivity contribution is 8.68. The SMILES string of the molecule is SSCC1CCCCC1. The van der Waals surface area contributed by atoms with Gasteiger partial charge in [0.2, 0.25) is 0 Å². The van der Waals surface area contributed by atoms with Crippen LogP contribution in [-0.4, -0.2) is 5.75 Å². The Morgan fingerprint density at radius 3 is 2.44 bits per heavy atom. The number of rotatable bonds is 2. The summed E-state index contributed by atoms with van der Waals surface area (Å²) in [5.41, 5.74) is 0. The van der Waals surface area contributed by atoms with E-state index in [1.807, 2.05) is 0 Å². The fourth-order valence-corrected chi connectivity index (χ4v) is 2.64. The molecular formula is C7H14S2. The standard InChI is InChI=1S/C7H14S2/c8-9-6-7-4-2-1-3-5-7/h7-8H,1-6H2. The van der Waals surface area contributed by atoms with Crippen LogP contribution in [0.2, 0.25) is 0 Å². The van der Waals surface area contributed by atoms with Crippen molar-refractivity contribution in [2.24, 2.45) is 5.92 Å². The zero-order valence-corrected chi connectivity index (χ0v) is 7.39. The maximum absolute atomic E-state index is 4.15. The molecule has 1 saturated carbocycles. The average Bonchev–Trinajstić information content (AvgIpc) is 1.91. The highest BCUT2D eigenvalue weighted by Crippen LogP contribution is 2.27. The van der Waals surface area contributed by atoms with E-state index in [0.717, 1.165) is 5.92 Å². The molecule has 54 valence electrons. The van der Waals surface area contributed by atoms with Crippen molar-refractivity contribution in [3.05, 3.63) is 0 Å². The molecule has 0 N–H and O–H groups in total. The van der Waals surface area contributed by atoms with Gasteiger partial charge in [0.25, 0.3) is 0 Å². The van der Waals surface area contributed by atoms with Gasteiger partial charge in [-0.2, -0.15) is 0 Å². The summed E-state index contributed by atoms with van der Waals surface area (Å²) in [6, 6.07) is 0. The highest BCUT2D eigenvalue weighted by atomic mass is 33.1. The monoisotopic (exact) mass is 162 g/mol. The van der Waals surface area contributed by atoms with E-state index in [-0.39, 0.29) is 0 Å². The Morgan fingerprint density at radius 2 is 1.89 bits per heavy atom. The molecule has 0 bridgehead atoms. The first-order valence-electron chi connectivity index (χ1n) is 3.70. The fourth-order valence-electron chi connectivity index (χ4n) is 1.46. The molecule has 9 heavy (non-hydrogen) atoms. The van der Waals surface area contributed by atoms with Crippen LogP contribution in [0.4, 0.5) is 0 Å². The minimum Gasteiger partial charge on any atom is -0.111 e. The molecule has 1 aliphatic carbocycles. The molecule has 0 nitrogen and oxygen atoms in total. The van der Waals surface area contributed by atoms with Gasteiger partial charge in [-0.25, -0.2) is 0 Å². The molecule has 0 amide bonds. The quantitative estimate of drug-likeness (QED) is 0.481. The van der Waals surface area contributed by atoms with Gasteiger partial charge < -0.3 is 0 Å². The molecule has 0 aromatic carbocycles. The maximum Gasteiger partial charge on any atom is 0.00628 e. The van der Waals surface area contributed by atoms with Crippen LogP contribution in [-0.2, 0) is 0 Å². The van der Waals surface area contributed by atoms with E-state index in [1.165, 1.54) is 37.9 Å². The third-order valence-electron chi connectivity index (χ3n) is 2.03. The molecule has 0 spiro atoms. The normalized spacial score (nSPS) is 22.3. The minimum absolute atomic E-state index is 0.987. The fraction of sp³-hybridized carbons (Fsp3) is 1.00. The van der Waals surface area contributed by atoms with E-state index < -0.39 is 0 Å². The Kier molecular flexibility index (Phi) is 3.91. The van der Waals surface area contributed by atoms with Gasteiger partial charge in [0.1, 0.15) is 0 Å². The zero-order valence-electron chi connectivity index (χ0n) is 5.68. The van der Waals surface area contributed by atoms with Gasteiger partial charge in [0, 0.05) is 5.75 Å². The van der Waals surface area contributed by atoms with Gasteiger partial charge >= 0.3 is 0 Å². The van der Waals surface area contributed by atoms with Gasteiger partial charge in [-0.05, 0) is 18.8 Å². The Hall–Kier alpha value is 0.700. The molecule has 2 heteroatoms. The van der Waals surface area contributed by atoms with Crippen LogP contribution >= 0.6 is 22.5 Å². The highest BCUT2D eigenvalue weighted by Gasteiger charge is 2.11. The van der Waals surface area contributed by atoms with Crippen LogP contribution in [0.25, 0.3) is 0 Å². The third-order valence-corrected chi connectivity index (χ3v) is 3.10. The van der Waals surface area contributed by atoms with Crippen molar-refractivity contribution in [2.75, 3.05) is 5.75 Å². The summed E-state index contributed by atoms with van der Waals surface area (Å²) >= 11 is 4.15. The Labute approximate surface area is 66.6 Å². The predicted octanol–water partition coefficient (Wildman–Crippen LogP) is 3.14. The van der Waals surface area contributed by atoms with E-state index in [9.17, 15) is 0 Å². The Bertz CT molecular complexity index is 64.6. The maximum atomic E-state index is 4.15. The molecule has 0 unspecified atom stereocenters. The van der Waals surface area contributed by atoms with Crippen molar-refractivity contribution >= 4 is 22.5 Å². The van der Waals surface area contributed by atoms with Crippen LogP contribution in [0.3, 0.4) is 0 Å². The van der Waals surface area contributed by atoms with Crippen molar-refractivity contribution in [1.82, 2.24) is 0 Å². The first-order chi connectivity index (χ1) is 4.43. The molecule has 0 aliphatic heterocycles. The van der Waals surface area contributed by atoms with E-state index in [0.29, 0.717) is 0 Å². The summed E-state index contributed by atoms with van der Waals surface area (Å²) in [4.78, 5) is 0. The largest absolute Gasteiger partial charge is 0.111 e. The van der Waals surface area contributed by atoms with Gasteiger partial charge in [0.15, 0.2) is 0 Å². The van der Waals surface area contributed by atoms with E-state index >= 15 is 0 Å². The second kappa shape index (κ2) is 4.51. The van der Waals surface area contributed by atoms with E-state index in [1.54, 1.807) is 10.8 Å². The molecule has 0 saturated heterocycles. The van der Waals surface area contributed by atoms with Gasteiger partial charge in [-0.3, -0.25) is 0 Å². The lowest BCUT2D eigenvalue weighted by atomic mass is 9.91. The summed E-state index contributed by atoms with van der Waals surface area (Å²) in [5, 5.41) is 0. The average molecular weight is 162 g/mol. The Morgan fingerprint density at radius 1 is 1.22 bits per heavy atom. The third kappa shape index (κ3) is 2.85. The van der Waals surface area contributed by atoms with Crippen LogP contribution < -0.4 is 0 Å². The van der Waals surface area contributed by atoms with Gasteiger partial charge in [-0.15, -0.1) is 11.7 Å². The van der Waals surface area contributed by atoms with E-state index in [4.69, 9.17) is 0 Å². The van der Waals surface area contributed by atoms with Crippen LogP contribution in [0.15, 0.2) is 0 Å². The topological polar surface area (TPSA) is 0 Å². The van der Waals surface area contributed by atoms with Crippen LogP contribution in [0.5, 0.6) is 0 Å². The number of hydrogen-bond acceptors (Lipinski definition) is 2. The summed E-state index contributed by atoms with van der Waals surface area (Å²) in [7, 11) is 1.70. The summed E-state index contributed by atoms with van der Waals surface area (Å²) in [5.74, 6) is 2.25. The molecule has 0 radical (unpaired) electrons. The molecule has 0 aromatic rings. The van der Waals surface area contributed by atoms with Crippen molar-refractivity contribution in [2.45, 2.75) is 32.1 Å². The molecule has 0 heterocycles. The predicted molar refractivity (Wildman–Crippen MR) is 48.0 cm³/mol. The molecule has 1 rings (SSSR count). The van der Waals surface area contributed by atoms with Crippen LogP contribution in [0.1, 0.15) is 32.1 Å². The lowest BCUT2D eigenvalue weighted by molar-refractivity contribution is 0.391. The van der Waals surface area contributed by atoms with Gasteiger partial charge in [0.05, 0.1) is 0 Å². The first kappa shape index (κ1) is 7.80. The minimum atomic E-state index is 0.987. The Balaban J connectivity index is 2.08. The van der Waals surface area contributed by atoms with Crippen molar-refractivity contribution in [3.63, 3.8) is 0 Å². The molecular weight excluding hydrogens is 148 g/mol.